The summed E-state index contributed by atoms with van der Waals surface area (Å²) in [5.41, 5.74) is 1.83. The zero-order chi connectivity index (χ0) is 16.7. The molecule has 0 radical (unpaired) electrons. The fourth-order valence-electron chi connectivity index (χ4n) is 2.29. The highest BCUT2D eigenvalue weighted by Crippen LogP contribution is 2.09. The zero-order valence-corrected chi connectivity index (χ0v) is 14.6. The first-order valence-electron chi connectivity index (χ1n) is 7.68. The van der Waals surface area contributed by atoms with Crippen molar-refractivity contribution in [2.45, 2.75) is 20.4 Å². The third kappa shape index (κ3) is 4.76. The Bertz CT molecular complexity index is 492. The van der Waals surface area contributed by atoms with Crippen molar-refractivity contribution in [2.24, 2.45) is 4.99 Å². The predicted octanol–water partition coefficient (Wildman–Crippen LogP) is 2.15. The highest BCUT2D eigenvalue weighted by Gasteiger charge is 2.11. The summed E-state index contributed by atoms with van der Waals surface area (Å²) in [4.78, 5) is 22.6. The summed E-state index contributed by atoms with van der Waals surface area (Å²) in [5, 5.41) is 0. The van der Waals surface area contributed by atoms with Crippen LogP contribution < -0.4 is 0 Å². The SMILES string of the molecule is CCN(CC)C(=O)c1ccc(CN=C(N(C)C)N(C)C)cc1. The second-order valence-corrected chi connectivity index (χ2v) is 5.58. The van der Waals surface area contributed by atoms with Crippen molar-refractivity contribution in [3.05, 3.63) is 35.4 Å². The molecule has 0 saturated heterocycles. The average Bonchev–Trinajstić information content (AvgIpc) is 2.48. The van der Waals surface area contributed by atoms with Gasteiger partial charge in [-0.2, -0.15) is 0 Å². The Morgan fingerprint density at radius 1 is 0.955 bits per heavy atom. The molecule has 0 bridgehead atoms. The van der Waals surface area contributed by atoms with Crippen LogP contribution in [0.4, 0.5) is 0 Å². The molecule has 0 saturated carbocycles. The van der Waals surface area contributed by atoms with Crippen molar-refractivity contribution < 1.29 is 4.79 Å². The van der Waals surface area contributed by atoms with E-state index in [9.17, 15) is 4.79 Å². The molecule has 1 aromatic rings. The van der Waals surface area contributed by atoms with Gasteiger partial charge in [0.05, 0.1) is 6.54 Å². The molecule has 0 unspecified atom stereocenters. The van der Waals surface area contributed by atoms with Crippen molar-refractivity contribution in [2.75, 3.05) is 41.3 Å². The van der Waals surface area contributed by atoms with Gasteiger partial charge in [0, 0.05) is 46.8 Å². The number of carbonyl (C=O) groups is 1. The van der Waals surface area contributed by atoms with Gasteiger partial charge in [0.25, 0.3) is 5.91 Å². The number of aliphatic imine (C=N–C) groups is 1. The lowest BCUT2D eigenvalue weighted by Crippen LogP contribution is -2.35. The molecular weight excluding hydrogens is 276 g/mol. The second kappa shape index (κ2) is 8.41. The first-order valence-corrected chi connectivity index (χ1v) is 7.68. The lowest BCUT2D eigenvalue weighted by atomic mass is 10.1. The van der Waals surface area contributed by atoms with Gasteiger partial charge in [-0.1, -0.05) is 12.1 Å². The molecule has 0 aliphatic rings. The van der Waals surface area contributed by atoms with E-state index in [4.69, 9.17) is 0 Å². The summed E-state index contributed by atoms with van der Waals surface area (Å²) >= 11 is 0. The van der Waals surface area contributed by atoms with Gasteiger partial charge in [0.1, 0.15) is 0 Å². The third-order valence-corrected chi connectivity index (χ3v) is 3.45. The molecule has 0 aliphatic carbocycles. The third-order valence-electron chi connectivity index (χ3n) is 3.45. The first-order chi connectivity index (χ1) is 10.4. The maximum absolute atomic E-state index is 12.2. The van der Waals surface area contributed by atoms with Crippen molar-refractivity contribution >= 4 is 11.9 Å². The summed E-state index contributed by atoms with van der Waals surface area (Å²) in [7, 11) is 7.91. The molecule has 1 aromatic carbocycles. The Morgan fingerprint density at radius 3 is 1.86 bits per heavy atom. The number of rotatable bonds is 5. The Morgan fingerprint density at radius 2 is 1.45 bits per heavy atom. The van der Waals surface area contributed by atoms with Crippen molar-refractivity contribution in [1.82, 2.24) is 14.7 Å². The Hall–Kier alpha value is -2.04. The molecule has 0 aromatic heterocycles. The second-order valence-electron chi connectivity index (χ2n) is 5.58. The number of hydrogen-bond donors (Lipinski definition) is 0. The normalized spacial score (nSPS) is 10.1. The zero-order valence-electron chi connectivity index (χ0n) is 14.6. The van der Waals surface area contributed by atoms with E-state index >= 15 is 0 Å². The van der Waals surface area contributed by atoms with Crippen LogP contribution in [0.2, 0.25) is 0 Å². The molecule has 22 heavy (non-hydrogen) atoms. The number of carbonyl (C=O) groups excluding carboxylic acids is 1. The standard InChI is InChI=1S/C17H28N4O/c1-7-21(8-2)16(22)15-11-9-14(10-12-15)13-18-17(19(3)4)20(5)6/h9-12H,7-8,13H2,1-6H3. The van der Waals surface area contributed by atoms with Gasteiger partial charge in [-0.15, -0.1) is 0 Å². The average molecular weight is 304 g/mol. The molecule has 0 N–H and O–H groups in total. The molecule has 0 atom stereocenters. The van der Waals surface area contributed by atoms with E-state index in [1.807, 2.05) is 81.0 Å². The summed E-state index contributed by atoms with van der Waals surface area (Å²) < 4.78 is 0. The van der Waals surface area contributed by atoms with Crippen LogP contribution in [-0.2, 0) is 6.54 Å². The minimum atomic E-state index is 0.0855. The molecule has 0 fully saturated rings. The summed E-state index contributed by atoms with van der Waals surface area (Å²) in [5.74, 6) is 1.01. The molecule has 0 spiro atoms. The van der Waals surface area contributed by atoms with E-state index in [-0.39, 0.29) is 5.91 Å². The smallest absolute Gasteiger partial charge is 0.253 e. The van der Waals surface area contributed by atoms with Crippen LogP contribution in [0, 0.1) is 0 Å². The quantitative estimate of drug-likeness (QED) is 0.618. The van der Waals surface area contributed by atoms with Gasteiger partial charge in [-0.3, -0.25) is 4.79 Å². The van der Waals surface area contributed by atoms with Crippen LogP contribution in [0.1, 0.15) is 29.8 Å². The molecular formula is C17H28N4O. The molecule has 5 nitrogen and oxygen atoms in total. The number of guanidine groups is 1. The van der Waals surface area contributed by atoms with E-state index < -0.39 is 0 Å². The molecule has 122 valence electrons. The molecule has 1 rings (SSSR count). The van der Waals surface area contributed by atoms with Gasteiger partial charge < -0.3 is 14.7 Å². The van der Waals surface area contributed by atoms with Gasteiger partial charge in [0.2, 0.25) is 0 Å². The lowest BCUT2D eigenvalue weighted by molar-refractivity contribution is 0.0773. The van der Waals surface area contributed by atoms with Gasteiger partial charge in [-0.05, 0) is 31.5 Å². The van der Waals surface area contributed by atoms with Crippen LogP contribution >= 0.6 is 0 Å². The first kappa shape index (κ1) is 18.0. The van der Waals surface area contributed by atoms with Crippen LogP contribution in [0.25, 0.3) is 0 Å². The molecule has 0 aliphatic heterocycles. The predicted molar refractivity (Wildman–Crippen MR) is 92.2 cm³/mol. The van der Waals surface area contributed by atoms with Crippen LogP contribution in [-0.4, -0.2) is 67.8 Å². The van der Waals surface area contributed by atoms with E-state index in [1.54, 1.807) is 0 Å². The lowest BCUT2D eigenvalue weighted by Gasteiger charge is -2.22. The van der Waals surface area contributed by atoms with Crippen LogP contribution in [0.3, 0.4) is 0 Å². The number of benzene rings is 1. The Balaban J connectivity index is 2.81. The highest BCUT2D eigenvalue weighted by atomic mass is 16.2. The van der Waals surface area contributed by atoms with Crippen molar-refractivity contribution in [3.63, 3.8) is 0 Å². The molecule has 0 heterocycles. The molecule has 5 heteroatoms. The highest BCUT2D eigenvalue weighted by molar-refractivity contribution is 5.94. The topological polar surface area (TPSA) is 39.2 Å². The minimum Gasteiger partial charge on any atom is -0.349 e. The number of amides is 1. The summed E-state index contributed by atoms with van der Waals surface area (Å²) in [6, 6.07) is 7.72. The fraction of sp³-hybridized carbons (Fsp3) is 0.529. The summed E-state index contributed by atoms with van der Waals surface area (Å²) in [6.45, 7) is 6.06. The number of nitrogens with zero attached hydrogens (tertiary/aromatic N) is 4. The monoisotopic (exact) mass is 304 g/mol. The van der Waals surface area contributed by atoms with Crippen LogP contribution in [0.5, 0.6) is 0 Å². The largest absolute Gasteiger partial charge is 0.349 e. The number of hydrogen-bond acceptors (Lipinski definition) is 2. The van der Waals surface area contributed by atoms with Crippen LogP contribution in [0.15, 0.2) is 29.3 Å². The summed E-state index contributed by atoms with van der Waals surface area (Å²) in [6.07, 6.45) is 0. The van der Waals surface area contributed by atoms with Gasteiger partial charge >= 0.3 is 0 Å². The Kier molecular flexibility index (Phi) is 6.89. The fourth-order valence-corrected chi connectivity index (χ4v) is 2.29. The van der Waals surface area contributed by atoms with E-state index in [0.717, 1.165) is 30.2 Å². The minimum absolute atomic E-state index is 0.0855. The Labute approximate surface area is 134 Å². The molecule has 1 amide bonds. The maximum Gasteiger partial charge on any atom is 0.253 e. The van der Waals surface area contributed by atoms with Gasteiger partial charge in [0.15, 0.2) is 5.96 Å². The maximum atomic E-state index is 12.2. The van der Waals surface area contributed by atoms with E-state index in [2.05, 4.69) is 4.99 Å². The van der Waals surface area contributed by atoms with Crippen molar-refractivity contribution in [1.29, 1.82) is 0 Å². The van der Waals surface area contributed by atoms with E-state index in [1.165, 1.54) is 0 Å². The van der Waals surface area contributed by atoms with Gasteiger partial charge in [-0.25, -0.2) is 4.99 Å². The van der Waals surface area contributed by atoms with Crippen molar-refractivity contribution in [3.8, 4) is 0 Å². The van der Waals surface area contributed by atoms with E-state index in [0.29, 0.717) is 6.54 Å².